The number of nitrogens with zero attached hydrogens (tertiary/aromatic N) is 1. The van der Waals surface area contributed by atoms with Gasteiger partial charge in [-0.15, -0.1) is 0 Å². The molecule has 192 valence electrons. The molecule has 0 aliphatic carbocycles. The van der Waals surface area contributed by atoms with Crippen molar-refractivity contribution >= 4 is 29.7 Å². The van der Waals surface area contributed by atoms with Gasteiger partial charge < -0.3 is 20.3 Å². The highest BCUT2D eigenvalue weighted by Gasteiger charge is 2.34. The van der Waals surface area contributed by atoms with Crippen LogP contribution in [0.25, 0.3) is 0 Å². The molecule has 0 fully saturated rings. The number of thioether (sulfide) groups is 1. The van der Waals surface area contributed by atoms with Crippen molar-refractivity contribution in [2.75, 3.05) is 19.1 Å². The second-order valence-electron chi connectivity index (χ2n) is 9.95. The summed E-state index contributed by atoms with van der Waals surface area (Å²) < 4.78 is 5.37. The third-order valence-corrected chi connectivity index (χ3v) is 5.90. The van der Waals surface area contributed by atoms with Gasteiger partial charge in [-0.05, 0) is 72.0 Å². The normalized spacial score (nSPS) is 14.0. The molecule has 3 unspecified atom stereocenters. The van der Waals surface area contributed by atoms with Crippen molar-refractivity contribution in [1.82, 2.24) is 15.5 Å². The maximum atomic E-state index is 13.6. The number of amides is 3. The van der Waals surface area contributed by atoms with Crippen LogP contribution in [-0.2, 0) is 14.3 Å². The number of carbonyl (C=O) groups excluding carboxylic acids is 3. The van der Waals surface area contributed by atoms with Crippen LogP contribution in [0.4, 0.5) is 4.79 Å². The van der Waals surface area contributed by atoms with E-state index in [0.29, 0.717) is 12.2 Å². The largest absolute Gasteiger partial charge is 0.444 e. The van der Waals surface area contributed by atoms with E-state index in [1.165, 1.54) is 4.90 Å². The maximum absolute atomic E-state index is 13.6. The Bertz CT molecular complexity index is 818. The van der Waals surface area contributed by atoms with Crippen LogP contribution in [0.2, 0.25) is 0 Å². The van der Waals surface area contributed by atoms with Crippen LogP contribution < -0.4 is 10.6 Å². The molecule has 0 aliphatic heterocycles. The first kappa shape index (κ1) is 29.8. The Morgan fingerprint density at radius 1 is 1.06 bits per heavy atom. The number of hydrogen-bond donors (Lipinski definition) is 2. The summed E-state index contributed by atoms with van der Waals surface area (Å²) >= 11 is 1.59. The molecule has 2 N–H and O–H groups in total. The highest BCUT2D eigenvalue weighted by atomic mass is 32.2. The summed E-state index contributed by atoms with van der Waals surface area (Å²) in [6.45, 7) is 13.3. The van der Waals surface area contributed by atoms with E-state index in [1.54, 1.807) is 39.6 Å². The third-order valence-electron chi connectivity index (χ3n) is 5.25. The number of carbonyl (C=O) groups is 3. The first-order valence-corrected chi connectivity index (χ1v) is 13.3. The zero-order chi connectivity index (χ0) is 26.1. The molecule has 0 aromatic heterocycles. The molecule has 0 radical (unpaired) electrons. The molecule has 0 saturated heterocycles. The van der Waals surface area contributed by atoms with Gasteiger partial charge in [-0.2, -0.15) is 11.8 Å². The monoisotopic (exact) mass is 493 g/mol. The summed E-state index contributed by atoms with van der Waals surface area (Å²) in [5.74, 6) is 0.110. The topological polar surface area (TPSA) is 87.7 Å². The fourth-order valence-corrected chi connectivity index (χ4v) is 4.33. The lowest BCUT2D eigenvalue weighted by Gasteiger charge is -2.32. The number of ether oxygens (including phenoxy) is 1. The molecular weight excluding hydrogens is 450 g/mol. The molecular formula is C26H43N3O4S. The van der Waals surface area contributed by atoms with Crippen molar-refractivity contribution in [2.24, 2.45) is 0 Å². The van der Waals surface area contributed by atoms with Crippen LogP contribution in [0.5, 0.6) is 0 Å². The highest BCUT2D eigenvalue weighted by molar-refractivity contribution is 7.98. The number of alkyl carbamates (subject to hydrolysis) is 1. The van der Waals surface area contributed by atoms with Crippen LogP contribution in [0, 0.1) is 13.8 Å². The molecule has 0 aliphatic rings. The molecule has 3 atom stereocenters. The van der Waals surface area contributed by atoms with E-state index in [-0.39, 0.29) is 17.9 Å². The lowest BCUT2D eigenvalue weighted by Crippen LogP contribution is -2.52. The van der Waals surface area contributed by atoms with Crippen molar-refractivity contribution in [3.05, 3.63) is 34.9 Å². The highest BCUT2D eigenvalue weighted by Crippen LogP contribution is 2.24. The van der Waals surface area contributed by atoms with Gasteiger partial charge in [-0.1, -0.05) is 42.7 Å². The Kier molecular flexibility index (Phi) is 11.9. The lowest BCUT2D eigenvalue weighted by molar-refractivity contribution is -0.141. The van der Waals surface area contributed by atoms with Gasteiger partial charge in [0.25, 0.3) is 0 Å². The quantitative estimate of drug-likeness (QED) is 0.464. The van der Waals surface area contributed by atoms with E-state index in [1.807, 2.05) is 45.2 Å². The van der Waals surface area contributed by atoms with Crippen LogP contribution in [-0.4, -0.2) is 59.5 Å². The lowest BCUT2D eigenvalue weighted by atomic mass is 9.98. The van der Waals surface area contributed by atoms with Crippen LogP contribution in [0.15, 0.2) is 18.2 Å². The molecule has 1 aromatic rings. The molecule has 34 heavy (non-hydrogen) atoms. The second-order valence-corrected chi connectivity index (χ2v) is 10.9. The van der Waals surface area contributed by atoms with Gasteiger partial charge in [0, 0.05) is 13.1 Å². The van der Waals surface area contributed by atoms with Crippen molar-refractivity contribution in [1.29, 1.82) is 0 Å². The van der Waals surface area contributed by atoms with E-state index in [4.69, 9.17) is 4.74 Å². The predicted octanol–water partition coefficient (Wildman–Crippen LogP) is 4.75. The maximum Gasteiger partial charge on any atom is 0.408 e. The van der Waals surface area contributed by atoms with Gasteiger partial charge in [0.15, 0.2) is 0 Å². The average molecular weight is 494 g/mol. The Labute approximate surface area is 209 Å². The molecule has 8 heteroatoms. The molecule has 0 heterocycles. The first-order chi connectivity index (χ1) is 15.8. The van der Waals surface area contributed by atoms with E-state index >= 15 is 0 Å². The van der Waals surface area contributed by atoms with Crippen LogP contribution in [0.1, 0.15) is 76.6 Å². The van der Waals surface area contributed by atoms with Crippen LogP contribution >= 0.6 is 11.8 Å². The van der Waals surface area contributed by atoms with Gasteiger partial charge in [0.05, 0.1) is 0 Å². The minimum absolute atomic E-state index is 0.0124. The van der Waals surface area contributed by atoms with E-state index in [9.17, 15) is 14.4 Å². The number of likely N-dealkylation sites (N-methyl/N-ethyl adjacent to an activating group) is 1. The second kappa shape index (κ2) is 13.6. The minimum atomic E-state index is -0.817. The fourth-order valence-electron chi connectivity index (χ4n) is 3.86. The third kappa shape index (κ3) is 9.95. The molecule has 1 rings (SSSR count). The van der Waals surface area contributed by atoms with Crippen molar-refractivity contribution < 1.29 is 19.1 Å². The summed E-state index contributed by atoms with van der Waals surface area (Å²) in [6, 6.07) is 4.27. The number of hydrogen-bond acceptors (Lipinski definition) is 5. The Morgan fingerprint density at radius 3 is 2.15 bits per heavy atom. The number of benzene rings is 1. The van der Waals surface area contributed by atoms with Gasteiger partial charge >= 0.3 is 6.09 Å². The smallest absolute Gasteiger partial charge is 0.408 e. The Balaban J connectivity index is 3.29. The van der Waals surface area contributed by atoms with E-state index in [2.05, 4.69) is 17.6 Å². The molecule has 3 amide bonds. The SMILES string of the molecule is CCCC(C)NC(=O)C(c1cc(C)cc(C)c1)N(C)C(=O)C(CCSC)NC(=O)OC(C)(C)C. The van der Waals surface area contributed by atoms with Crippen LogP contribution in [0.3, 0.4) is 0 Å². The summed E-state index contributed by atoms with van der Waals surface area (Å²) in [4.78, 5) is 40.9. The molecule has 0 bridgehead atoms. The minimum Gasteiger partial charge on any atom is -0.444 e. The van der Waals surface area contributed by atoms with Gasteiger partial charge in [0.1, 0.15) is 17.7 Å². The summed E-state index contributed by atoms with van der Waals surface area (Å²) in [6.07, 6.45) is 3.52. The predicted molar refractivity (Wildman–Crippen MR) is 140 cm³/mol. The number of nitrogens with one attached hydrogen (secondary N) is 2. The molecule has 7 nitrogen and oxygen atoms in total. The van der Waals surface area contributed by atoms with E-state index < -0.39 is 23.8 Å². The van der Waals surface area contributed by atoms with Crippen molar-refractivity contribution in [3.8, 4) is 0 Å². The molecule has 0 spiro atoms. The number of aryl methyl sites for hydroxylation is 2. The first-order valence-electron chi connectivity index (χ1n) is 11.9. The standard InChI is InChI=1S/C26H43N3O4S/c1-10-11-19(4)27-23(30)22(20-15-17(2)14-18(3)16-20)29(8)24(31)21(12-13-34-9)28-25(32)33-26(5,6)7/h14-16,19,21-22H,10-13H2,1-9H3,(H,27,30)(H,28,32). The molecule has 0 saturated carbocycles. The summed E-state index contributed by atoms with van der Waals surface area (Å²) in [5.41, 5.74) is 2.09. The number of rotatable bonds is 11. The summed E-state index contributed by atoms with van der Waals surface area (Å²) in [7, 11) is 1.62. The fraction of sp³-hybridized carbons (Fsp3) is 0.654. The van der Waals surface area contributed by atoms with Crippen molar-refractivity contribution in [3.63, 3.8) is 0 Å². The van der Waals surface area contributed by atoms with Gasteiger partial charge in [-0.25, -0.2) is 4.79 Å². The molecule has 1 aromatic carbocycles. The Morgan fingerprint density at radius 2 is 1.65 bits per heavy atom. The Hall–Kier alpha value is -2.22. The van der Waals surface area contributed by atoms with Crippen molar-refractivity contribution in [2.45, 2.75) is 91.5 Å². The van der Waals surface area contributed by atoms with Gasteiger partial charge in [-0.3, -0.25) is 9.59 Å². The zero-order valence-electron chi connectivity index (χ0n) is 22.3. The average Bonchev–Trinajstić information content (AvgIpc) is 2.68. The summed E-state index contributed by atoms with van der Waals surface area (Å²) in [5, 5.41) is 5.78. The van der Waals surface area contributed by atoms with E-state index in [0.717, 1.165) is 29.5 Å². The van der Waals surface area contributed by atoms with Gasteiger partial charge in [0.2, 0.25) is 11.8 Å². The zero-order valence-corrected chi connectivity index (χ0v) is 23.1.